The average Bonchev–Trinajstić information content (AvgIpc) is 2.80. The van der Waals surface area contributed by atoms with Crippen molar-refractivity contribution < 1.29 is 28.6 Å². The van der Waals surface area contributed by atoms with Crippen molar-refractivity contribution in [2.24, 2.45) is 0 Å². The lowest BCUT2D eigenvalue weighted by Crippen LogP contribution is -2.32. The predicted octanol–water partition coefficient (Wildman–Crippen LogP) is 4.00. The van der Waals surface area contributed by atoms with E-state index in [0.717, 1.165) is 18.4 Å². The number of nitrogens with zero attached hydrogens (tertiary/aromatic N) is 1. The predicted molar refractivity (Wildman–Crippen MR) is 117 cm³/mol. The molecule has 0 aliphatic rings. The summed E-state index contributed by atoms with van der Waals surface area (Å²) >= 11 is 0. The number of carbonyl (C=O) groups is 3. The molecule has 0 N–H and O–H groups in total. The van der Waals surface area contributed by atoms with Crippen molar-refractivity contribution in [1.29, 1.82) is 0 Å². The Hall–Kier alpha value is -3.19. The highest BCUT2D eigenvalue weighted by Crippen LogP contribution is 2.23. The van der Waals surface area contributed by atoms with Gasteiger partial charge in [0.1, 0.15) is 13.2 Å². The number of unbranched alkanes of at least 4 members (excludes halogenated alkanes) is 1. The SMILES string of the molecule is CCCCOCC(=O)N(C)c1ccc(C(=O)OCc2ccccc2)cc1C(=O)OCC. The highest BCUT2D eigenvalue weighted by atomic mass is 16.5. The van der Waals surface area contributed by atoms with Gasteiger partial charge >= 0.3 is 11.9 Å². The zero-order valence-electron chi connectivity index (χ0n) is 18.3. The largest absolute Gasteiger partial charge is 0.462 e. The number of hydrogen-bond acceptors (Lipinski definition) is 6. The van der Waals surface area contributed by atoms with Gasteiger partial charge < -0.3 is 19.1 Å². The van der Waals surface area contributed by atoms with Gasteiger partial charge in [-0.15, -0.1) is 0 Å². The molecule has 166 valence electrons. The van der Waals surface area contributed by atoms with Crippen LogP contribution in [0.15, 0.2) is 48.5 Å². The number of likely N-dealkylation sites (N-methyl/N-ethyl adjacent to an activating group) is 1. The van der Waals surface area contributed by atoms with E-state index < -0.39 is 11.9 Å². The fourth-order valence-corrected chi connectivity index (χ4v) is 2.77. The Bertz CT molecular complexity index is 881. The van der Waals surface area contributed by atoms with Gasteiger partial charge in [0.25, 0.3) is 5.91 Å². The van der Waals surface area contributed by atoms with Crippen LogP contribution in [0.4, 0.5) is 5.69 Å². The molecule has 0 aliphatic carbocycles. The van der Waals surface area contributed by atoms with Crippen LogP contribution in [0, 0.1) is 0 Å². The minimum atomic E-state index is -0.623. The average molecular weight is 427 g/mol. The van der Waals surface area contributed by atoms with E-state index in [4.69, 9.17) is 14.2 Å². The number of benzene rings is 2. The molecule has 0 spiro atoms. The Labute approximate surface area is 182 Å². The van der Waals surface area contributed by atoms with Gasteiger partial charge in [0, 0.05) is 13.7 Å². The van der Waals surface area contributed by atoms with Crippen LogP contribution < -0.4 is 4.90 Å². The Morgan fingerprint density at radius 2 is 1.68 bits per heavy atom. The number of rotatable bonds is 11. The maximum Gasteiger partial charge on any atom is 0.340 e. The molecule has 1 amide bonds. The number of amides is 1. The molecule has 0 saturated heterocycles. The second-order valence-electron chi connectivity index (χ2n) is 6.87. The van der Waals surface area contributed by atoms with Crippen molar-refractivity contribution >= 4 is 23.5 Å². The van der Waals surface area contributed by atoms with E-state index in [2.05, 4.69) is 0 Å². The molecule has 2 aromatic carbocycles. The molecule has 31 heavy (non-hydrogen) atoms. The summed E-state index contributed by atoms with van der Waals surface area (Å²) in [6.07, 6.45) is 1.84. The third kappa shape index (κ3) is 7.22. The van der Waals surface area contributed by atoms with Crippen molar-refractivity contribution in [3.05, 3.63) is 65.2 Å². The molecule has 2 aromatic rings. The lowest BCUT2D eigenvalue weighted by atomic mass is 10.1. The molecule has 0 saturated carbocycles. The van der Waals surface area contributed by atoms with Crippen molar-refractivity contribution in [2.45, 2.75) is 33.3 Å². The fourth-order valence-electron chi connectivity index (χ4n) is 2.77. The maximum atomic E-state index is 12.5. The Balaban J connectivity index is 2.17. The Morgan fingerprint density at radius 3 is 2.35 bits per heavy atom. The van der Waals surface area contributed by atoms with Crippen molar-refractivity contribution in [1.82, 2.24) is 0 Å². The van der Waals surface area contributed by atoms with Crippen LogP contribution in [-0.2, 0) is 25.6 Å². The van der Waals surface area contributed by atoms with Gasteiger partial charge in [-0.3, -0.25) is 4.79 Å². The molecular formula is C24H29NO6. The number of carbonyl (C=O) groups excluding carboxylic acids is 3. The van der Waals surface area contributed by atoms with E-state index >= 15 is 0 Å². The molecule has 0 radical (unpaired) electrons. The number of ether oxygens (including phenoxy) is 3. The number of esters is 2. The fraction of sp³-hybridized carbons (Fsp3) is 0.375. The van der Waals surface area contributed by atoms with Crippen LogP contribution in [0.3, 0.4) is 0 Å². The van der Waals surface area contributed by atoms with E-state index in [-0.39, 0.29) is 36.9 Å². The van der Waals surface area contributed by atoms with Gasteiger partial charge in [0.2, 0.25) is 0 Å². The molecular weight excluding hydrogens is 398 g/mol. The molecule has 0 aromatic heterocycles. The van der Waals surface area contributed by atoms with Crippen LogP contribution in [0.2, 0.25) is 0 Å². The number of anilines is 1. The summed E-state index contributed by atoms with van der Waals surface area (Å²) < 4.78 is 15.8. The smallest absolute Gasteiger partial charge is 0.340 e. The first-order chi connectivity index (χ1) is 15.0. The van der Waals surface area contributed by atoms with Gasteiger partial charge in [-0.2, -0.15) is 0 Å². The summed E-state index contributed by atoms with van der Waals surface area (Å²) in [5, 5.41) is 0. The van der Waals surface area contributed by atoms with E-state index in [1.807, 2.05) is 37.3 Å². The molecule has 0 unspecified atom stereocenters. The minimum absolute atomic E-state index is 0.0976. The Morgan fingerprint density at radius 1 is 0.935 bits per heavy atom. The summed E-state index contributed by atoms with van der Waals surface area (Å²) in [5.74, 6) is -1.50. The van der Waals surface area contributed by atoms with E-state index in [1.54, 1.807) is 14.0 Å². The van der Waals surface area contributed by atoms with Crippen LogP contribution in [-0.4, -0.2) is 44.7 Å². The van der Waals surface area contributed by atoms with Gasteiger partial charge in [0.05, 0.1) is 23.4 Å². The second kappa shape index (κ2) is 12.5. The molecule has 0 fully saturated rings. The van der Waals surface area contributed by atoms with Gasteiger partial charge in [-0.25, -0.2) is 9.59 Å². The maximum absolute atomic E-state index is 12.5. The quantitative estimate of drug-likeness (QED) is 0.398. The van der Waals surface area contributed by atoms with E-state index in [1.165, 1.54) is 23.1 Å². The standard InChI is InChI=1S/C24H29NO6/c1-4-6-14-29-17-22(26)25(3)21-13-12-19(15-20(21)24(28)30-5-2)23(27)31-16-18-10-8-7-9-11-18/h7-13,15H,4-6,14,16-17H2,1-3H3. The van der Waals surface area contributed by atoms with E-state index in [0.29, 0.717) is 12.3 Å². The molecule has 0 bridgehead atoms. The van der Waals surface area contributed by atoms with Gasteiger partial charge in [-0.05, 0) is 37.1 Å². The summed E-state index contributed by atoms with van der Waals surface area (Å²) in [5.41, 5.74) is 1.50. The molecule has 7 heteroatoms. The van der Waals surface area contributed by atoms with E-state index in [9.17, 15) is 14.4 Å². The third-order valence-corrected chi connectivity index (χ3v) is 4.54. The lowest BCUT2D eigenvalue weighted by Gasteiger charge is -2.20. The molecule has 7 nitrogen and oxygen atoms in total. The second-order valence-corrected chi connectivity index (χ2v) is 6.87. The van der Waals surface area contributed by atoms with Gasteiger partial charge in [0.15, 0.2) is 0 Å². The normalized spacial score (nSPS) is 10.4. The minimum Gasteiger partial charge on any atom is -0.462 e. The highest BCUT2D eigenvalue weighted by molar-refractivity contribution is 6.04. The van der Waals surface area contributed by atoms with Crippen LogP contribution >= 0.6 is 0 Å². The first-order valence-electron chi connectivity index (χ1n) is 10.3. The zero-order valence-corrected chi connectivity index (χ0v) is 18.3. The first kappa shape index (κ1) is 24.1. The van der Waals surface area contributed by atoms with Crippen molar-refractivity contribution in [2.75, 3.05) is 31.8 Å². The Kier molecular flexibility index (Phi) is 9.71. The number of hydrogen-bond donors (Lipinski definition) is 0. The summed E-state index contributed by atoms with van der Waals surface area (Å²) in [6, 6.07) is 13.7. The van der Waals surface area contributed by atoms with Crippen LogP contribution in [0.25, 0.3) is 0 Å². The van der Waals surface area contributed by atoms with Crippen molar-refractivity contribution in [3.63, 3.8) is 0 Å². The van der Waals surface area contributed by atoms with Crippen molar-refractivity contribution in [3.8, 4) is 0 Å². The lowest BCUT2D eigenvalue weighted by molar-refractivity contribution is -0.122. The topological polar surface area (TPSA) is 82.1 Å². The molecule has 0 heterocycles. The summed E-state index contributed by atoms with van der Waals surface area (Å²) in [4.78, 5) is 38.8. The monoisotopic (exact) mass is 427 g/mol. The van der Waals surface area contributed by atoms with Crippen LogP contribution in [0.1, 0.15) is 53.0 Å². The van der Waals surface area contributed by atoms with Crippen LogP contribution in [0.5, 0.6) is 0 Å². The summed E-state index contributed by atoms with van der Waals surface area (Å²) in [6.45, 7) is 4.40. The molecule has 2 rings (SSSR count). The molecule has 0 atom stereocenters. The summed E-state index contributed by atoms with van der Waals surface area (Å²) in [7, 11) is 1.55. The zero-order chi connectivity index (χ0) is 22.6. The first-order valence-corrected chi connectivity index (χ1v) is 10.3. The molecule has 0 aliphatic heterocycles. The highest BCUT2D eigenvalue weighted by Gasteiger charge is 2.22. The van der Waals surface area contributed by atoms with Gasteiger partial charge in [-0.1, -0.05) is 43.7 Å². The third-order valence-electron chi connectivity index (χ3n) is 4.54.